The second-order valence-electron chi connectivity index (χ2n) is 7.52. The number of carbonyl (C=O) groups is 4. The van der Waals surface area contributed by atoms with Crippen LogP contribution in [0, 0.1) is 5.92 Å². The van der Waals surface area contributed by atoms with Gasteiger partial charge in [0.25, 0.3) is 5.91 Å². The summed E-state index contributed by atoms with van der Waals surface area (Å²) in [5.74, 6) is -0.974. The van der Waals surface area contributed by atoms with E-state index in [0.29, 0.717) is 31.7 Å². The average molecular weight is 386 g/mol. The fraction of sp³-hybridized carbons (Fsp3) is 0.500. The highest BCUT2D eigenvalue weighted by Crippen LogP contribution is 2.21. The van der Waals surface area contributed by atoms with Gasteiger partial charge in [-0.15, -0.1) is 0 Å². The molecular weight excluding hydrogens is 360 g/mol. The van der Waals surface area contributed by atoms with Crippen LogP contribution in [-0.4, -0.2) is 65.6 Å². The molecule has 0 bridgehead atoms. The molecule has 0 unspecified atom stereocenters. The lowest BCUT2D eigenvalue weighted by molar-refractivity contribution is -0.147. The van der Waals surface area contributed by atoms with Gasteiger partial charge in [-0.2, -0.15) is 0 Å². The molecule has 8 nitrogen and oxygen atoms in total. The summed E-state index contributed by atoms with van der Waals surface area (Å²) in [4.78, 5) is 51.4. The lowest BCUT2D eigenvalue weighted by Crippen LogP contribution is -2.57. The first kappa shape index (κ1) is 19.9. The van der Waals surface area contributed by atoms with Crippen molar-refractivity contribution in [2.75, 3.05) is 26.2 Å². The van der Waals surface area contributed by atoms with Crippen molar-refractivity contribution < 1.29 is 19.2 Å². The first-order valence-corrected chi connectivity index (χ1v) is 9.60. The maximum absolute atomic E-state index is 12.7. The van der Waals surface area contributed by atoms with Crippen molar-refractivity contribution in [2.24, 2.45) is 11.7 Å². The number of primary amides is 1. The van der Waals surface area contributed by atoms with Crippen LogP contribution in [0.5, 0.6) is 0 Å². The van der Waals surface area contributed by atoms with Gasteiger partial charge in [-0.25, -0.2) is 0 Å². The first-order valence-electron chi connectivity index (χ1n) is 9.60. The summed E-state index contributed by atoms with van der Waals surface area (Å²) in [6, 6.07) is 6.14. The van der Waals surface area contributed by atoms with Crippen molar-refractivity contribution in [1.82, 2.24) is 15.1 Å². The predicted molar refractivity (Wildman–Crippen MR) is 102 cm³/mol. The van der Waals surface area contributed by atoms with E-state index >= 15 is 0 Å². The van der Waals surface area contributed by atoms with Crippen LogP contribution in [0.2, 0.25) is 0 Å². The van der Waals surface area contributed by atoms with E-state index in [9.17, 15) is 19.2 Å². The number of nitrogens with zero attached hydrogens (tertiary/aromatic N) is 2. The summed E-state index contributed by atoms with van der Waals surface area (Å²) >= 11 is 0. The number of carbonyl (C=O) groups excluding carboxylic acids is 4. The molecule has 8 heteroatoms. The molecule has 0 radical (unpaired) electrons. The van der Waals surface area contributed by atoms with E-state index in [1.54, 1.807) is 28.0 Å². The summed E-state index contributed by atoms with van der Waals surface area (Å²) in [6.45, 7) is 3.57. The molecule has 3 rings (SSSR count). The van der Waals surface area contributed by atoms with Gasteiger partial charge < -0.3 is 20.9 Å². The second kappa shape index (κ2) is 8.41. The Hall–Kier alpha value is -2.90. The van der Waals surface area contributed by atoms with Gasteiger partial charge in [-0.05, 0) is 37.5 Å². The molecule has 1 aromatic carbocycles. The Labute approximate surface area is 164 Å². The van der Waals surface area contributed by atoms with Gasteiger partial charge in [0.15, 0.2) is 0 Å². The first-order chi connectivity index (χ1) is 13.3. The number of likely N-dealkylation sites (tertiary alicyclic amines) is 2. The third-order valence-corrected chi connectivity index (χ3v) is 5.40. The number of rotatable bonds is 4. The quantitative estimate of drug-likeness (QED) is 0.779. The summed E-state index contributed by atoms with van der Waals surface area (Å²) in [5, 5.41) is 2.98. The van der Waals surface area contributed by atoms with Crippen LogP contribution >= 0.6 is 0 Å². The maximum Gasteiger partial charge on any atom is 0.251 e. The third kappa shape index (κ3) is 4.49. The molecule has 0 aliphatic carbocycles. The van der Waals surface area contributed by atoms with E-state index < -0.39 is 5.91 Å². The highest BCUT2D eigenvalue weighted by molar-refractivity contribution is 5.99. The Balaban J connectivity index is 1.60. The SMILES string of the molecule is CC(=O)N1CC(C(=O)N2CCCC[C@H](NC(=O)c3cccc(C(N)=O)c3)C2)C1. The largest absolute Gasteiger partial charge is 0.366 e. The standard InChI is InChI=1S/C20H26N4O4/c1-13(25)24-10-16(11-24)20(28)23-8-3-2-7-17(12-23)22-19(27)15-6-4-5-14(9-15)18(21)26/h4-6,9,16-17H,2-3,7-8,10-12H2,1H3,(H2,21,26)(H,22,27)/t17-/m0/s1. The van der Waals surface area contributed by atoms with Crippen LogP contribution in [0.25, 0.3) is 0 Å². The van der Waals surface area contributed by atoms with Crippen molar-refractivity contribution in [3.8, 4) is 0 Å². The average Bonchev–Trinajstić information content (AvgIpc) is 2.85. The minimum absolute atomic E-state index is 0.0109. The van der Waals surface area contributed by atoms with E-state index in [4.69, 9.17) is 5.73 Å². The minimum atomic E-state index is -0.582. The number of amides is 4. The van der Waals surface area contributed by atoms with E-state index in [-0.39, 0.29) is 35.2 Å². The molecule has 2 saturated heterocycles. The Kier molecular flexibility index (Phi) is 5.96. The van der Waals surface area contributed by atoms with Crippen LogP contribution < -0.4 is 11.1 Å². The van der Waals surface area contributed by atoms with Gasteiger partial charge in [0.1, 0.15) is 0 Å². The van der Waals surface area contributed by atoms with E-state index in [1.165, 1.54) is 13.0 Å². The number of nitrogens with two attached hydrogens (primary N) is 1. The monoisotopic (exact) mass is 386 g/mol. The van der Waals surface area contributed by atoms with Crippen molar-refractivity contribution in [3.63, 3.8) is 0 Å². The zero-order valence-electron chi connectivity index (χ0n) is 16.0. The molecule has 2 fully saturated rings. The lowest BCUT2D eigenvalue weighted by atomic mass is 9.98. The van der Waals surface area contributed by atoms with E-state index in [0.717, 1.165) is 19.3 Å². The molecule has 2 heterocycles. The molecule has 3 N–H and O–H groups in total. The molecule has 0 aromatic heterocycles. The Morgan fingerprint density at radius 3 is 2.43 bits per heavy atom. The van der Waals surface area contributed by atoms with Crippen LogP contribution in [0.1, 0.15) is 46.9 Å². The Morgan fingerprint density at radius 1 is 1.04 bits per heavy atom. The zero-order chi connectivity index (χ0) is 20.3. The number of benzene rings is 1. The predicted octanol–water partition coefficient (Wildman–Crippen LogP) is 0.375. The van der Waals surface area contributed by atoms with Crippen LogP contribution in [0.3, 0.4) is 0 Å². The normalized spacial score (nSPS) is 20.1. The van der Waals surface area contributed by atoms with Gasteiger partial charge in [0.2, 0.25) is 17.7 Å². The van der Waals surface area contributed by atoms with Crippen LogP contribution in [0.15, 0.2) is 24.3 Å². The summed E-state index contributed by atoms with van der Waals surface area (Å²) in [5.41, 5.74) is 5.93. The fourth-order valence-corrected chi connectivity index (χ4v) is 3.69. The molecular formula is C20H26N4O4. The van der Waals surface area contributed by atoms with Crippen LogP contribution in [-0.2, 0) is 9.59 Å². The van der Waals surface area contributed by atoms with Gasteiger partial charge >= 0.3 is 0 Å². The molecule has 4 amide bonds. The summed E-state index contributed by atoms with van der Waals surface area (Å²) in [7, 11) is 0. The van der Waals surface area contributed by atoms with E-state index in [2.05, 4.69) is 5.32 Å². The number of nitrogens with one attached hydrogen (secondary N) is 1. The molecule has 2 aliphatic rings. The minimum Gasteiger partial charge on any atom is -0.366 e. The highest BCUT2D eigenvalue weighted by Gasteiger charge is 2.37. The molecule has 0 spiro atoms. The number of hydrogen-bond donors (Lipinski definition) is 2. The molecule has 28 heavy (non-hydrogen) atoms. The van der Waals surface area contributed by atoms with Crippen molar-refractivity contribution in [3.05, 3.63) is 35.4 Å². The zero-order valence-corrected chi connectivity index (χ0v) is 16.0. The second-order valence-corrected chi connectivity index (χ2v) is 7.52. The molecule has 0 saturated carbocycles. The van der Waals surface area contributed by atoms with Crippen molar-refractivity contribution in [1.29, 1.82) is 0 Å². The van der Waals surface area contributed by atoms with Gasteiger partial charge in [-0.3, -0.25) is 19.2 Å². The molecule has 1 aromatic rings. The van der Waals surface area contributed by atoms with Gasteiger partial charge in [-0.1, -0.05) is 6.07 Å². The van der Waals surface area contributed by atoms with Gasteiger partial charge in [0.05, 0.1) is 5.92 Å². The smallest absolute Gasteiger partial charge is 0.251 e. The third-order valence-electron chi connectivity index (χ3n) is 5.40. The molecule has 150 valence electrons. The van der Waals surface area contributed by atoms with Gasteiger partial charge in [0, 0.05) is 50.3 Å². The van der Waals surface area contributed by atoms with Crippen molar-refractivity contribution in [2.45, 2.75) is 32.2 Å². The Morgan fingerprint density at radius 2 is 1.75 bits per heavy atom. The fourth-order valence-electron chi connectivity index (χ4n) is 3.69. The summed E-state index contributed by atoms with van der Waals surface area (Å²) < 4.78 is 0. The Bertz CT molecular complexity index is 788. The molecule has 2 aliphatic heterocycles. The molecule has 1 atom stereocenters. The lowest BCUT2D eigenvalue weighted by Gasteiger charge is -2.40. The highest BCUT2D eigenvalue weighted by atomic mass is 16.2. The van der Waals surface area contributed by atoms with E-state index in [1.807, 2.05) is 0 Å². The number of hydrogen-bond acceptors (Lipinski definition) is 4. The maximum atomic E-state index is 12.7. The van der Waals surface area contributed by atoms with Crippen molar-refractivity contribution >= 4 is 23.6 Å². The summed E-state index contributed by atoms with van der Waals surface area (Å²) in [6.07, 6.45) is 2.59. The van der Waals surface area contributed by atoms with Crippen LogP contribution in [0.4, 0.5) is 0 Å². The topological polar surface area (TPSA) is 113 Å².